The van der Waals surface area contributed by atoms with E-state index in [-0.39, 0.29) is 31.1 Å². The van der Waals surface area contributed by atoms with E-state index in [0.717, 1.165) is 75.5 Å². The minimum Gasteiger partial charge on any atom is -0.462 e. The molecule has 0 aromatic heterocycles. The highest BCUT2D eigenvalue weighted by Gasteiger charge is 2.20. The Balaban J connectivity index is 4.28. The molecule has 0 aliphatic heterocycles. The average Bonchev–Trinajstić information content (AvgIpc) is 3.36. The molecule has 0 aromatic carbocycles. The molecule has 74 heavy (non-hydrogen) atoms. The lowest BCUT2D eigenvalue weighted by atomic mass is 10.0. The van der Waals surface area contributed by atoms with E-state index in [1.807, 2.05) is 0 Å². The van der Waals surface area contributed by atoms with E-state index in [4.69, 9.17) is 14.2 Å². The van der Waals surface area contributed by atoms with Crippen molar-refractivity contribution in [2.24, 2.45) is 17.8 Å². The molecule has 0 aromatic rings. The van der Waals surface area contributed by atoms with Crippen molar-refractivity contribution in [3.63, 3.8) is 0 Å². The Labute approximate surface area is 463 Å². The minimum atomic E-state index is -0.765. The van der Waals surface area contributed by atoms with Crippen molar-refractivity contribution in [3.8, 4) is 0 Å². The van der Waals surface area contributed by atoms with Gasteiger partial charge in [0.05, 0.1) is 0 Å². The van der Waals surface area contributed by atoms with E-state index in [1.54, 1.807) is 0 Å². The van der Waals surface area contributed by atoms with Crippen LogP contribution in [0.2, 0.25) is 0 Å². The number of hydrogen-bond acceptors (Lipinski definition) is 6. The second kappa shape index (κ2) is 59.1. The molecule has 0 aliphatic carbocycles. The lowest BCUT2D eigenvalue weighted by Crippen LogP contribution is -2.30. The highest BCUT2D eigenvalue weighted by atomic mass is 16.6. The maximum Gasteiger partial charge on any atom is 0.306 e. The fraction of sp³-hybridized carbons (Fsp3) is 0.956. The normalized spacial score (nSPS) is 12.1. The van der Waals surface area contributed by atoms with Gasteiger partial charge in [0.2, 0.25) is 0 Å². The van der Waals surface area contributed by atoms with Crippen molar-refractivity contribution in [2.75, 3.05) is 13.2 Å². The highest BCUT2D eigenvalue weighted by molar-refractivity contribution is 5.71. The van der Waals surface area contributed by atoms with Crippen molar-refractivity contribution in [3.05, 3.63) is 0 Å². The van der Waals surface area contributed by atoms with Crippen LogP contribution in [0.25, 0.3) is 0 Å². The monoisotopic (exact) mass is 1050 g/mol. The molecule has 0 unspecified atom stereocenters. The number of esters is 3. The largest absolute Gasteiger partial charge is 0.462 e. The summed E-state index contributed by atoms with van der Waals surface area (Å²) in [6.45, 7) is 13.8. The zero-order chi connectivity index (χ0) is 54.1. The predicted molar refractivity (Wildman–Crippen MR) is 321 cm³/mol. The number of unbranched alkanes of at least 4 members (excludes halogenated alkanes) is 44. The Morgan fingerprint density at radius 1 is 0.230 bits per heavy atom. The van der Waals surface area contributed by atoms with Crippen molar-refractivity contribution in [1.29, 1.82) is 0 Å². The number of carbonyl (C=O) groups excluding carboxylic acids is 3. The molecule has 0 radical (unpaired) electrons. The van der Waals surface area contributed by atoms with Crippen molar-refractivity contribution in [2.45, 2.75) is 388 Å². The Bertz CT molecular complexity index is 1150. The molecule has 6 heteroatoms. The summed E-state index contributed by atoms with van der Waals surface area (Å²) in [6.07, 6.45) is 65.4. The molecule has 0 saturated heterocycles. The van der Waals surface area contributed by atoms with Crippen LogP contribution in [0.5, 0.6) is 0 Å². The topological polar surface area (TPSA) is 78.9 Å². The second-order valence-electron chi connectivity index (χ2n) is 24.9. The summed E-state index contributed by atoms with van der Waals surface area (Å²) in [4.78, 5) is 38.4. The van der Waals surface area contributed by atoms with Crippen LogP contribution >= 0.6 is 0 Å². The van der Waals surface area contributed by atoms with E-state index in [2.05, 4.69) is 41.5 Å². The number of rotatable bonds is 61. The van der Waals surface area contributed by atoms with Gasteiger partial charge in [0.25, 0.3) is 0 Å². The summed E-state index contributed by atoms with van der Waals surface area (Å²) in [5.41, 5.74) is 0. The fourth-order valence-electron chi connectivity index (χ4n) is 10.6. The van der Waals surface area contributed by atoms with Crippen molar-refractivity contribution >= 4 is 17.9 Å². The summed E-state index contributed by atoms with van der Waals surface area (Å²) >= 11 is 0. The van der Waals surface area contributed by atoms with Crippen LogP contribution in [0.1, 0.15) is 382 Å². The Morgan fingerprint density at radius 3 is 0.581 bits per heavy atom. The zero-order valence-corrected chi connectivity index (χ0v) is 51.1. The molecule has 0 bridgehead atoms. The molecule has 0 saturated carbocycles. The van der Waals surface area contributed by atoms with Gasteiger partial charge in [-0.1, -0.05) is 343 Å². The van der Waals surface area contributed by atoms with Crippen molar-refractivity contribution < 1.29 is 28.6 Å². The molecular formula is C68H132O6. The van der Waals surface area contributed by atoms with Crippen LogP contribution in [0.4, 0.5) is 0 Å². The van der Waals surface area contributed by atoms with Crippen LogP contribution < -0.4 is 0 Å². The predicted octanol–water partition coefficient (Wildman–Crippen LogP) is 22.6. The number of carbonyl (C=O) groups is 3. The summed E-state index contributed by atoms with van der Waals surface area (Å²) in [5, 5.41) is 0. The van der Waals surface area contributed by atoms with Gasteiger partial charge in [-0.15, -0.1) is 0 Å². The molecule has 0 rings (SSSR count). The molecule has 0 amide bonds. The minimum absolute atomic E-state index is 0.0621. The first-order chi connectivity index (χ1) is 36.1. The van der Waals surface area contributed by atoms with Gasteiger partial charge in [-0.3, -0.25) is 14.4 Å². The van der Waals surface area contributed by atoms with Gasteiger partial charge in [-0.25, -0.2) is 0 Å². The van der Waals surface area contributed by atoms with Crippen LogP contribution in [0.15, 0.2) is 0 Å². The standard InChI is InChI=1S/C68H132O6/c1-62(2)54-48-42-36-30-24-18-12-9-7-8-10-14-21-27-33-39-45-51-57-66(69)72-60-65(61-73-67(70)58-52-46-40-34-28-22-17-16-20-26-32-38-44-50-56-64(5)6)74-68(71)59-53-47-41-35-29-23-15-11-13-19-25-31-37-43-49-55-63(3)4/h62-65H,7-61H2,1-6H3/t65-/m1/s1. The maximum atomic E-state index is 12.9. The molecular weight excluding hydrogens is 913 g/mol. The van der Waals surface area contributed by atoms with Gasteiger partial charge in [0.1, 0.15) is 13.2 Å². The molecule has 0 N–H and O–H groups in total. The highest BCUT2D eigenvalue weighted by Crippen LogP contribution is 2.20. The van der Waals surface area contributed by atoms with Gasteiger partial charge in [-0.05, 0) is 37.0 Å². The second-order valence-corrected chi connectivity index (χ2v) is 24.9. The SMILES string of the molecule is CC(C)CCCCCCCCCCCCCCCCCCCCC(=O)OC[C@H](COC(=O)CCCCCCCCCCCCCCCCC(C)C)OC(=O)CCCCCCCCCCCCCCCCCC(C)C. The maximum absolute atomic E-state index is 12.9. The van der Waals surface area contributed by atoms with Gasteiger partial charge >= 0.3 is 17.9 Å². The summed E-state index contributed by atoms with van der Waals surface area (Å²) < 4.78 is 17.0. The quantitative estimate of drug-likeness (QED) is 0.0343. The van der Waals surface area contributed by atoms with Gasteiger partial charge in [0.15, 0.2) is 6.10 Å². The van der Waals surface area contributed by atoms with E-state index >= 15 is 0 Å². The van der Waals surface area contributed by atoms with E-state index < -0.39 is 6.10 Å². The lowest BCUT2D eigenvalue weighted by molar-refractivity contribution is -0.167. The van der Waals surface area contributed by atoms with Crippen molar-refractivity contribution in [1.82, 2.24) is 0 Å². The first-order valence-electron chi connectivity index (χ1n) is 33.6. The Morgan fingerprint density at radius 2 is 0.392 bits per heavy atom. The van der Waals surface area contributed by atoms with Gasteiger partial charge < -0.3 is 14.2 Å². The summed E-state index contributed by atoms with van der Waals surface area (Å²) in [5.74, 6) is 1.72. The third kappa shape index (κ3) is 61.3. The van der Waals surface area contributed by atoms with Crippen LogP contribution in [-0.2, 0) is 28.6 Å². The molecule has 0 heterocycles. The lowest BCUT2D eigenvalue weighted by Gasteiger charge is -2.18. The zero-order valence-electron chi connectivity index (χ0n) is 51.1. The third-order valence-electron chi connectivity index (χ3n) is 15.6. The van der Waals surface area contributed by atoms with Crippen LogP contribution in [0, 0.1) is 17.8 Å². The van der Waals surface area contributed by atoms with Crippen LogP contribution in [0.3, 0.4) is 0 Å². The third-order valence-corrected chi connectivity index (χ3v) is 15.6. The summed E-state index contributed by atoms with van der Waals surface area (Å²) in [7, 11) is 0. The molecule has 1 atom stereocenters. The first-order valence-corrected chi connectivity index (χ1v) is 33.6. The van der Waals surface area contributed by atoms with Gasteiger partial charge in [0, 0.05) is 19.3 Å². The molecule has 0 fully saturated rings. The van der Waals surface area contributed by atoms with Gasteiger partial charge in [-0.2, -0.15) is 0 Å². The fourth-order valence-corrected chi connectivity index (χ4v) is 10.6. The van der Waals surface area contributed by atoms with Crippen LogP contribution in [-0.4, -0.2) is 37.2 Å². The molecule has 0 aliphatic rings. The van der Waals surface area contributed by atoms with E-state index in [9.17, 15) is 14.4 Å². The molecule has 440 valence electrons. The Kier molecular flexibility index (Phi) is 57.8. The summed E-state index contributed by atoms with van der Waals surface area (Å²) in [6, 6.07) is 0. The number of ether oxygens (including phenoxy) is 3. The Hall–Kier alpha value is -1.59. The van der Waals surface area contributed by atoms with E-state index in [1.165, 1.54) is 263 Å². The average molecular weight is 1050 g/mol. The number of hydrogen-bond donors (Lipinski definition) is 0. The van der Waals surface area contributed by atoms with E-state index in [0.29, 0.717) is 19.3 Å². The molecule has 0 spiro atoms. The first kappa shape index (κ1) is 72.4. The smallest absolute Gasteiger partial charge is 0.306 e. The molecule has 6 nitrogen and oxygen atoms in total.